The number of aromatic nitrogens is 4. The number of aliphatic hydroxyl groups excluding tert-OH is 1. The summed E-state index contributed by atoms with van der Waals surface area (Å²) in [7, 11) is 0. The summed E-state index contributed by atoms with van der Waals surface area (Å²) in [5, 5.41) is 11.4. The van der Waals surface area contributed by atoms with E-state index in [9.17, 15) is 5.11 Å². The van der Waals surface area contributed by atoms with E-state index in [4.69, 9.17) is 0 Å². The van der Waals surface area contributed by atoms with Gasteiger partial charge >= 0.3 is 0 Å². The number of imidazole rings is 1. The average Bonchev–Trinajstić information content (AvgIpc) is 3.34. The number of nitrogens with zero attached hydrogens (tertiary/aromatic N) is 5. The van der Waals surface area contributed by atoms with Gasteiger partial charge in [-0.25, -0.2) is 15.0 Å². The Kier molecular flexibility index (Phi) is 4.76. The Bertz CT molecular complexity index is 817. The Morgan fingerprint density at radius 2 is 2.20 bits per heavy atom. The zero-order chi connectivity index (χ0) is 17.1. The fourth-order valence-electron chi connectivity index (χ4n) is 3.43. The van der Waals surface area contributed by atoms with Gasteiger partial charge in [-0.2, -0.15) is 0 Å². The summed E-state index contributed by atoms with van der Waals surface area (Å²) in [6.07, 6.45) is 7.93. The van der Waals surface area contributed by atoms with Crippen molar-refractivity contribution in [1.29, 1.82) is 0 Å². The number of rotatable bonds is 5. The van der Waals surface area contributed by atoms with Crippen LogP contribution in [0.3, 0.4) is 0 Å². The van der Waals surface area contributed by atoms with E-state index in [1.165, 1.54) is 0 Å². The maximum absolute atomic E-state index is 9.36. The molecule has 4 heterocycles. The van der Waals surface area contributed by atoms with Gasteiger partial charge < -0.3 is 14.6 Å². The Labute approximate surface area is 150 Å². The summed E-state index contributed by atoms with van der Waals surface area (Å²) in [5.74, 6) is 2.44. The molecular weight excluding hydrogens is 334 g/mol. The van der Waals surface area contributed by atoms with E-state index in [0.29, 0.717) is 5.92 Å². The van der Waals surface area contributed by atoms with Crippen LogP contribution >= 0.6 is 11.3 Å². The highest BCUT2D eigenvalue weighted by molar-refractivity contribution is 7.07. The van der Waals surface area contributed by atoms with Crippen LogP contribution in [-0.2, 0) is 13.2 Å². The molecule has 0 saturated carbocycles. The minimum absolute atomic E-state index is 0.0465. The lowest BCUT2D eigenvalue weighted by atomic mass is 9.97. The second-order valence-corrected chi connectivity index (χ2v) is 7.08. The molecule has 0 radical (unpaired) electrons. The Morgan fingerprint density at radius 1 is 1.24 bits per heavy atom. The molecular formula is C18H21N5OS. The van der Waals surface area contributed by atoms with E-state index >= 15 is 0 Å². The molecule has 1 atom stereocenters. The van der Waals surface area contributed by atoms with Gasteiger partial charge in [-0.3, -0.25) is 0 Å². The summed E-state index contributed by atoms with van der Waals surface area (Å²) in [4.78, 5) is 15.8. The van der Waals surface area contributed by atoms with Gasteiger partial charge in [0, 0.05) is 43.0 Å². The quantitative estimate of drug-likeness (QED) is 0.762. The third-order valence-corrected chi connectivity index (χ3v) is 5.30. The molecule has 1 unspecified atom stereocenters. The smallest absolute Gasteiger partial charge is 0.128 e. The van der Waals surface area contributed by atoms with Crippen LogP contribution in [0.1, 0.15) is 35.8 Å². The van der Waals surface area contributed by atoms with Gasteiger partial charge in [0.2, 0.25) is 0 Å². The van der Waals surface area contributed by atoms with Crippen molar-refractivity contribution in [2.24, 2.45) is 0 Å². The number of anilines is 1. The van der Waals surface area contributed by atoms with Crippen LogP contribution < -0.4 is 4.90 Å². The normalized spacial score (nSPS) is 17.8. The van der Waals surface area contributed by atoms with Crippen LogP contribution in [-0.4, -0.2) is 37.7 Å². The first-order chi connectivity index (χ1) is 12.3. The van der Waals surface area contributed by atoms with Gasteiger partial charge in [0.25, 0.3) is 0 Å². The molecule has 0 aliphatic carbocycles. The number of aliphatic hydroxyl groups is 1. The molecule has 6 nitrogen and oxygen atoms in total. The molecule has 0 amide bonds. The van der Waals surface area contributed by atoms with E-state index in [2.05, 4.69) is 29.8 Å². The Hall–Kier alpha value is -2.25. The van der Waals surface area contributed by atoms with Crippen LogP contribution in [0.4, 0.5) is 5.82 Å². The predicted molar refractivity (Wildman–Crippen MR) is 97.8 cm³/mol. The standard InChI is InChI=1S/C18H21N5OS/c24-11-14-3-4-19-17(8-14)22-6-1-2-15(9-22)18-20-5-7-23(18)10-16-12-25-13-21-16/h3-5,7-8,12-13,15,24H,1-2,6,9-11H2. The van der Waals surface area contributed by atoms with E-state index in [1.54, 1.807) is 17.5 Å². The molecule has 7 heteroatoms. The van der Waals surface area contributed by atoms with Crippen molar-refractivity contribution in [3.05, 3.63) is 58.7 Å². The van der Waals surface area contributed by atoms with Crippen molar-refractivity contribution in [2.75, 3.05) is 18.0 Å². The Morgan fingerprint density at radius 3 is 3.04 bits per heavy atom. The molecule has 0 spiro atoms. The molecule has 1 fully saturated rings. The molecule has 0 bridgehead atoms. The van der Waals surface area contributed by atoms with Crippen LogP contribution in [0.2, 0.25) is 0 Å². The highest BCUT2D eigenvalue weighted by atomic mass is 32.1. The molecule has 4 rings (SSSR count). The Balaban J connectivity index is 1.52. The molecule has 3 aromatic heterocycles. The zero-order valence-corrected chi connectivity index (χ0v) is 14.8. The fourth-order valence-corrected chi connectivity index (χ4v) is 3.98. The first-order valence-corrected chi connectivity index (χ1v) is 9.46. The van der Waals surface area contributed by atoms with Gasteiger partial charge in [-0.1, -0.05) is 0 Å². The molecule has 1 aliphatic heterocycles. The summed E-state index contributed by atoms with van der Waals surface area (Å²) in [5.41, 5.74) is 3.85. The zero-order valence-electron chi connectivity index (χ0n) is 14.0. The van der Waals surface area contributed by atoms with Crippen LogP contribution in [0.5, 0.6) is 0 Å². The number of hydrogen-bond donors (Lipinski definition) is 1. The third kappa shape index (κ3) is 3.57. The highest BCUT2D eigenvalue weighted by Gasteiger charge is 2.25. The highest BCUT2D eigenvalue weighted by Crippen LogP contribution is 2.29. The van der Waals surface area contributed by atoms with Crippen molar-refractivity contribution < 1.29 is 5.11 Å². The van der Waals surface area contributed by atoms with Crippen LogP contribution in [0.15, 0.2) is 41.6 Å². The van der Waals surface area contributed by atoms with Gasteiger partial charge in [0.1, 0.15) is 11.6 Å². The molecule has 3 aromatic rings. The van der Waals surface area contributed by atoms with Crippen molar-refractivity contribution in [3.63, 3.8) is 0 Å². The largest absolute Gasteiger partial charge is 0.392 e. The SMILES string of the molecule is OCc1ccnc(N2CCCC(c3nccn3Cc3cscn3)C2)c1. The van der Waals surface area contributed by atoms with Crippen LogP contribution in [0.25, 0.3) is 0 Å². The first-order valence-electron chi connectivity index (χ1n) is 8.52. The summed E-state index contributed by atoms with van der Waals surface area (Å²) in [6.45, 7) is 2.71. The van der Waals surface area contributed by atoms with E-state index in [1.807, 2.05) is 30.0 Å². The summed E-state index contributed by atoms with van der Waals surface area (Å²) < 4.78 is 2.21. The first kappa shape index (κ1) is 16.2. The fraction of sp³-hybridized carbons (Fsp3) is 0.389. The second kappa shape index (κ2) is 7.33. The van der Waals surface area contributed by atoms with E-state index in [0.717, 1.165) is 55.4 Å². The number of hydrogen-bond acceptors (Lipinski definition) is 6. The average molecular weight is 355 g/mol. The van der Waals surface area contributed by atoms with Gasteiger partial charge in [-0.15, -0.1) is 11.3 Å². The molecule has 1 aliphatic rings. The maximum Gasteiger partial charge on any atom is 0.128 e. The monoisotopic (exact) mass is 355 g/mol. The van der Waals surface area contributed by atoms with Gasteiger partial charge in [0.15, 0.2) is 0 Å². The van der Waals surface area contributed by atoms with Crippen LogP contribution in [0, 0.1) is 0 Å². The second-order valence-electron chi connectivity index (χ2n) is 6.36. The lowest BCUT2D eigenvalue weighted by molar-refractivity contribution is 0.281. The predicted octanol–water partition coefficient (Wildman–Crippen LogP) is 2.66. The number of piperidine rings is 1. The van der Waals surface area contributed by atoms with Gasteiger partial charge in [-0.05, 0) is 30.5 Å². The molecule has 0 aromatic carbocycles. The lowest BCUT2D eigenvalue weighted by Gasteiger charge is -2.33. The van der Waals surface area contributed by atoms with Crippen molar-refractivity contribution >= 4 is 17.2 Å². The van der Waals surface area contributed by atoms with E-state index < -0.39 is 0 Å². The van der Waals surface area contributed by atoms with Gasteiger partial charge in [0.05, 0.1) is 24.4 Å². The minimum atomic E-state index is 0.0465. The van der Waals surface area contributed by atoms with Crippen molar-refractivity contribution in [2.45, 2.75) is 31.9 Å². The molecule has 1 saturated heterocycles. The minimum Gasteiger partial charge on any atom is -0.392 e. The number of pyridine rings is 1. The summed E-state index contributed by atoms with van der Waals surface area (Å²) in [6, 6.07) is 3.83. The van der Waals surface area contributed by atoms with E-state index in [-0.39, 0.29) is 6.61 Å². The molecule has 1 N–H and O–H groups in total. The number of thiazole rings is 1. The third-order valence-electron chi connectivity index (χ3n) is 4.67. The molecule has 130 valence electrons. The summed E-state index contributed by atoms with van der Waals surface area (Å²) >= 11 is 1.62. The lowest BCUT2D eigenvalue weighted by Crippen LogP contribution is -2.36. The van der Waals surface area contributed by atoms with Crippen molar-refractivity contribution in [3.8, 4) is 0 Å². The molecule has 25 heavy (non-hydrogen) atoms. The maximum atomic E-state index is 9.36. The van der Waals surface area contributed by atoms with Crippen molar-refractivity contribution in [1.82, 2.24) is 19.5 Å². The topological polar surface area (TPSA) is 67.1 Å².